The zero-order valence-corrected chi connectivity index (χ0v) is 11.5. The number of phenols is 2. The van der Waals surface area contributed by atoms with E-state index in [4.69, 9.17) is 0 Å². The number of carbonyl (C=O) groups is 1. The van der Waals surface area contributed by atoms with Gasteiger partial charge in [-0.15, -0.1) is 0 Å². The van der Waals surface area contributed by atoms with Crippen LogP contribution in [0.3, 0.4) is 0 Å². The van der Waals surface area contributed by atoms with Crippen LogP contribution in [0, 0.1) is 6.92 Å². The topological polar surface area (TPSA) is 66.8 Å². The number of aromatic hydroxyl groups is 2. The molecule has 0 bridgehead atoms. The molecule has 2 aromatic rings. The predicted octanol–water partition coefficient (Wildman–Crippen LogP) is 3.37. The van der Waals surface area contributed by atoms with Crippen LogP contribution in [0.15, 0.2) is 24.3 Å². The van der Waals surface area contributed by atoms with Crippen LogP contribution in [-0.2, 0) is 4.74 Å². The second-order valence-corrected chi connectivity index (χ2v) is 3.83. The predicted molar refractivity (Wildman–Crippen MR) is 74.7 cm³/mol. The highest BCUT2D eigenvalue weighted by Crippen LogP contribution is 2.36. The Labute approximate surface area is 112 Å². The summed E-state index contributed by atoms with van der Waals surface area (Å²) in [5.74, 6) is -0.909. The largest absolute Gasteiger partial charge is 0.507 e. The molecule has 0 heterocycles. The molecule has 4 heteroatoms. The van der Waals surface area contributed by atoms with E-state index in [1.54, 1.807) is 12.1 Å². The van der Waals surface area contributed by atoms with Gasteiger partial charge in [-0.3, -0.25) is 0 Å². The lowest BCUT2D eigenvalue weighted by atomic mass is 10.0. The maximum Gasteiger partial charge on any atom is 0.341 e. The molecule has 0 spiro atoms. The third-order valence-corrected chi connectivity index (χ3v) is 2.65. The summed E-state index contributed by atoms with van der Waals surface area (Å²) in [5.41, 5.74) is 0.886. The van der Waals surface area contributed by atoms with Crippen molar-refractivity contribution in [3.63, 3.8) is 0 Å². The molecule has 19 heavy (non-hydrogen) atoms. The van der Waals surface area contributed by atoms with Gasteiger partial charge in [-0.1, -0.05) is 31.5 Å². The molecule has 2 rings (SSSR count). The molecule has 0 atom stereocenters. The Balaban J connectivity index is 0.000000861. The van der Waals surface area contributed by atoms with Crippen molar-refractivity contribution < 1.29 is 19.7 Å². The number of carbonyl (C=O) groups excluding carboxylic acids is 1. The molecular formula is C15H18O4. The minimum atomic E-state index is -0.679. The van der Waals surface area contributed by atoms with E-state index < -0.39 is 5.97 Å². The number of phenolic OH excluding ortho intramolecular Hbond substituents is 2. The van der Waals surface area contributed by atoms with Crippen LogP contribution in [0.1, 0.15) is 29.8 Å². The summed E-state index contributed by atoms with van der Waals surface area (Å²) >= 11 is 0. The molecule has 0 aliphatic rings. The van der Waals surface area contributed by atoms with Gasteiger partial charge < -0.3 is 14.9 Å². The highest BCUT2D eigenvalue weighted by atomic mass is 16.5. The molecule has 0 fully saturated rings. The van der Waals surface area contributed by atoms with Crippen LogP contribution < -0.4 is 0 Å². The van der Waals surface area contributed by atoms with Crippen LogP contribution in [0.4, 0.5) is 0 Å². The number of hydrogen-bond donors (Lipinski definition) is 2. The van der Waals surface area contributed by atoms with Crippen molar-refractivity contribution in [1.29, 1.82) is 0 Å². The summed E-state index contributed by atoms with van der Waals surface area (Å²) in [7, 11) is 1.22. The summed E-state index contributed by atoms with van der Waals surface area (Å²) in [5, 5.41) is 20.7. The first-order valence-corrected chi connectivity index (χ1v) is 6.08. The van der Waals surface area contributed by atoms with Crippen LogP contribution in [0.25, 0.3) is 10.8 Å². The van der Waals surface area contributed by atoms with Crippen molar-refractivity contribution in [2.24, 2.45) is 0 Å². The van der Waals surface area contributed by atoms with Crippen molar-refractivity contribution in [2.45, 2.75) is 20.8 Å². The highest BCUT2D eigenvalue weighted by Gasteiger charge is 2.17. The first kappa shape index (κ1) is 14.8. The van der Waals surface area contributed by atoms with E-state index in [1.807, 2.05) is 26.8 Å². The van der Waals surface area contributed by atoms with Crippen molar-refractivity contribution >= 4 is 16.7 Å². The third-order valence-electron chi connectivity index (χ3n) is 2.65. The summed E-state index contributed by atoms with van der Waals surface area (Å²) in [6.07, 6.45) is 0. The number of hydrogen-bond acceptors (Lipinski definition) is 4. The Morgan fingerprint density at radius 1 is 1.11 bits per heavy atom. The standard InChI is InChI=1S/C13H12O4.C2H6/c1-7-3-4-8-9(5-7)12(15)10(6-11(8)14)13(16)17-2;1-2/h3-6,14-15H,1-2H3;1-2H3. The van der Waals surface area contributed by atoms with Gasteiger partial charge >= 0.3 is 5.97 Å². The van der Waals surface area contributed by atoms with Gasteiger partial charge in [-0.05, 0) is 19.1 Å². The van der Waals surface area contributed by atoms with Crippen LogP contribution in [0.2, 0.25) is 0 Å². The SMILES string of the molecule is CC.COC(=O)c1cc(O)c2ccc(C)cc2c1O. The number of methoxy groups -OCH3 is 1. The van der Waals surface area contributed by atoms with E-state index in [-0.39, 0.29) is 17.1 Å². The molecule has 0 aromatic heterocycles. The number of esters is 1. The Bertz CT molecular complexity index is 603. The van der Waals surface area contributed by atoms with Gasteiger partial charge in [0.25, 0.3) is 0 Å². The maximum absolute atomic E-state index is 11.4. The summed E-state index contributed by atoms with van der Waals surface area (Å²) < 4.78 is 4.54. The van der Waals surface area contributed by atoms with Gasteiger partial charge in [0, 0.05) is 10.8 Å². The molecule has 4 nitrogen and oxygen atoms in total. The van der Waals surface area contributed by atoms with Gasteiger partial charge in [-0.25, -0.2) is 4.79 Å². The summed E-state index contributed by atoms with van der Waals surface area (Å²) in [6, 6.07) is 6.43. The van der Waals surface area contributed by atoms with Gasteiger partial charge in [0.05, 0.1) is 7.11 Å². The van der Waals surface area contributed by atoms with Crippen LogP contribution in [0.5, 0.6) is 11.5 Å². The number of benzene rings is 2. The zero-order valence-electron chi connectivity index (χ0n) is 11.5. The fourth-order valence-corrected chi connectivity index (χ4v) is 1.77. The maximum atomic E-state index is 11.4. The van der Waals surface area contributed by atoms with Gasteiger partial charge in [0.1, 0.15) is 17.1 Å². The Hall–Kier alpha value is -2.23. The molecule has 0 saturated carbocycles. The van der Waals surface area contributed by atoms with Crippen LogP contribution >= 0.6 is 0 Å². The van der Waals surface area contributed by atoms with Crippen molar-refractivity contribution in [2.75, 3.05) is 7.11 Å². The van der Waals surface area contributed by atoms with Crippen molar-refractivity contribution in [3.05, 3.63) is 35.4 Å². The van der Waals surface area contributed by atoms with E-state index >= 15 is 0 Å². The van der Waals surface area contributed by atoms with E-state index in [0.29, 0.717) is 10.8 Å². The van der Waals surface area contributed by atoms with E-state index in [2.05, 4.69) is 4.74 Å². The molecule has 0 unspecified atom stereocenters. The Morgan fingerprint density at radius 2 is 1.74 bits per heavy atom. The number of aryl methyl sites for hydroxylation is 1. The second-order valence-electron chi connectivity index (χ2n) is 3.83. The summed E-state index contributed by atoms with van der Waals surface area (Å²) in [6.45, 7) is 5.86. The smallest absolute Gasteiger partial charge is 0.341 e. The molecule has 0 aliphatic heterocycles. The minimum Gasteiger partial charge on any atom is -0.507 e. The molecule has 0 amide bonds. The fraction of sp³-hybridized carbons (Fsp3) is 0.267. The Kier molecular flexibility index (Phi) is 4.75. The Morgan fingerprint density at radius 3 is 2.32 bits per heavy atom. The van der Waals surface area contributed by atoms with Gasteiger partial charge in [0.2, 0.25) is 0 Å². The summed E-state index contributed by atoms with van der Waals surface area (Å²) in [4.78, 5) is 11.4. The van der Waals surface area contributed by atoms with Gasteiger partial charge in [0.15, 0.2) is 0 Å². The number of ether oxygens (including phenoxy) is 1. The van der Waals surface area contributed by atoms with Crippen LogP contribution in [-0.4, -0.2) is 23.3 Å². The molecular weight excluding hydrogens is 244 g/mol. The molecule has 0 radical (unpaired) electrons. The normalized spacial score (nSPS) is 9.68. The molecule has 2 N–H and O–H groups in total. The van der Waals surface area contributed by atoms with Gasteiger partial charge in [-0.2, -0.15) is 0 Å². The monoisotopic (exact) mass is 262 g/mol. The lowest BCUT2D eigenvalue weighted by Gasteiger charge is -2.09. The average Bonchev–Trinajstić information content (AvgIpc) is 2.44. The first-order chi connectivity index (χ1) is 9.04. The lowest BCUT2D eigenvalue weighted by Crippen LogP contribution is -2.01. The molecule has 0 saturated heterocycles. The third kappa shape index (κ3) is 2.78. The molecule has 2 aromatic carbocycles. The fourth-order valence-electron chi connectivity index (χ4n) is 1.77. The number of rotatable bonds is 1. The lowest BCUT2D eigenvalue weighted by molar-refractivity contribution is 0.0597. The molecule has 0 aliphatic carbocycles. The van der Waals surface area contributed by atoms with Crippen molar-refractivity contribution in [1.82, 2.24) is 0 Å². The second kappa shape index (κ2) is 6.09. The quantitative estimate of drug-likeness (QED) is 0.610. The minimum absolute atomic E-state index is 0.0388. The van der Waals surface area contributed by atoms with Crippen molar-refractivity contribution in [3.8, 4) is 11.5 Å². The van der Waals surface area contributed by atoms with E-state index in [0.717, 1.165) is 5.56 Å². The first-order valence-electron chi connectivity index (χ1n) is 6.08. The number of fused-ring (bicyclic) bond motifs is 1. The highest BCUT2D eigenvalue weighted by molar-refractivity contribution is 6.03. The van der Waals surface area contributed by atoms with E-state index in [1.165, 1.54) is 13.2 Å². The zero-order chi connectivity index (χ0) is 14.6. The van der Waals surface area contributed by atoms with E-state index in [9.17, 15) is 15.0 Å². The average molecular weight is 262 g/mol. The molecule has 102 valence electrons.